The molecule has 0 saturated carbocycles. The summed E-state index contributed by atoms with van der Waals surface area (Å²) in [6.07, 6.45) is 1.39. The van der Waals surface area contributed by atoms with Gasteiger partial charge in [-0.3, -0.25) is 4.79 Å². The lowest BCUT2D eigenvalue weighted by atomic mass is 10.1. The van der Waals surface area contributed by atoms with Gasteiger partial charge in [0.15, 0.2) is 5.75 Å². The number of fused-ring (bicyclic) bond motifs is 1. The molecule has 2 aromatic carbocycles. The molecule has 5 nitrogen and oxygen atoms in total. The SMILES string of the molecule is O=c1[nH]c2cc(Cl)cnc2c(O)c1Oc1cccc(-c2ccccc2)c1. The van der Waals surface area contributed by atoms with Crippen LogP contribution in [0.1, 0.15) is 0 Å². The molecule has 2 N–H and O–H groups in total. The first kappa shape index (κ1) is 16.2. The molecule has 0 atom stereocenters. The van der Waals surface area contributed by atoms with E-state index in [-0.39, 0.29) is 17.0 Å². The molecule has 4 rings (SSSR count). The number of pyridine rings is 2. The third-order valence-electron chi connectivity index (χ3n) is 3.91. The van der Waals surface area contributed by atoms with Gasteiger partial charge in [-0.2, -0.15) is 0 Å². The molecule has 0 unspecified atom stereocenters. The molecule has 0 radical (unpaired) electrons. The maximum Gasteiger partial charge on any atom is 0.295 e. The van der Waals surface area contributed by atoms with Gasteiger partial charge >= 0.3 is 0 Å². The van der Waals surface area contributed by atoms with E-state index >= 15 is 0 Å². The summed E-state index contributed by atoms with van der Waals surface area (Å²) in [6, 6.07) is 18.6. The first-order valence-corrected chi connectivity index (χ1v) is 8.23. The van der Waals surface area contributed by atoms with Crippen molar-refractivity contribution in [2.75, 3.05) is 0 Å². The fraction of sp³-hybridized carbons (Fsp3) is 0. The number of benzene rings is 2. The molecular weight excluding hydrogens is 352 g/mol. The third-order valence-corrected chi connectivity index (χ3v) is 4.12. The molecule has 0 spiro atoms. The largest absolute Gasteiger partial charge is 0.503 e. The zero-order valence-corrected chi connectivity index (χ0v) is 14.2. The Balaban J connectivity index is 1.76. The Labute approximate surface area is 153 Å². The van der Waals surface area contributed by atoms with Gasteiger partial charge in [-0.05, 0) is 29.3 Å². The Bertz CT molecular complexity index is 1160. The second-order valence-electron chi connectivity index (χ2n) is 5.68. The van der Waals surface area contributed by atoms with Crippen LogP contribution in [-0.2, 0) is 0 Å². The summed E-state index contributed by atoms with van der Waals surface area (Å²) < 4.78 is 5.67. The highest BCUT2D eigenvalue weighted by atomic mass is 35.5. The van der Waals surface area contributed by atoms with Crippen LogP contribution in [0.15, 0.2) is 71.7 Å². The number of aromatic nitrogens is 2. The van der Waals surface area contributed by atoms with Crippen LogP contribution in [0.4, 0.5) is 0 Å². The number of ether oxygens (including phenoxy) is 1. The Morgan fingerprint density at radius 3 is 2.58 bits per heavy atom. The maximum atomic E-state index is 12.3. The molecule has 0 amide bonds. The number of nitrogens with zero attached hydrogens (tertiary/aromatic N) is 1. The topological polar surface area (TPSA) is 75.2 Å². The third kappa shape index (κ3) is 3.00. The van der Waals surface area contributed by atoms with E-state index in [0.717, 1.165) is 11.1 Å². The summed E-state index contributed by atoms with van der Waals surface area (Å²) in [6.45, 7) is 0. The van der Waals surface area contributed by atoms with E-state index in [1.807, 2.05) is 42.5 Å². The fourth-order valence-electron chi connectivity index (χ4n) is 2.70. The molecule has 6 heteroatoms. The first-order chi connectivity index (χ1) is 12.6. The average Bonchev–Trinajstić information content (AvgIpc) is 2.66. The lowest BCUT2D eigenvalue weighted by Gasteiger charge is -2.10. The van der Waals surface area contributed by atoms with E-state index in [4.69, 9.17) is 16.3 Å². The number of hydrogen-bond donors (Lipinski definition) is 2. The van der Waals surface area contributed by atoms with Gasteiger partial charge in [-0.15, -0.1) is 0 Å². The molecule has 2 heterocycles. The number of hydrogen-bond acceptors (Lipinski definition) is 4. The smallest absolute Gasteiger partial charge is 0.295 e. The molecule has 4 aromatic rings. The number of halogens is 1. The molecule has 0 saturated heterocycles. The van der Waals surface area contributed by atoms with Crippen molar-refractivity contribution in [3.63, 3.8) is 0 Å². The van der Waals surface area contributed by atoms with Crippen molar-refractivity contribution in [3.05, 3.63) is 82.2 Å². The van der Waals surface area contributed by atoms with Crippen LogP contribution in [0.25, 0.3) is 22.2 Å². The summed E-state index contributed by atoms with van der Waals surface area (Å²) in [4.78, 5) is 19.0. The van der Waals surface area contributed by atoms with Gasteiger partial charge in [0.05, 0.1) is 10.5 Å². The Morgan fingerprint density at radius 2 is 1.77 bits per heavy atom. The lowest BCUT2D eigenvalue weighted by Crippen LogP contribution is -2.09. The van der Waals surface area contributed by atoms with Crippen LogP contribution in [0.3, 0.4) is 0 Å². The van der Waals surface area contributed by atoms with E-state index < -0.39 is 5.56 Å². The van der Waals surface area contributed by atoms with Crippen molar-refractivity contribution in [1.82, 2.24) is 9.97 Å². The van der Waals surface area contributed by atoms with E-state index in [0.29, 0.717) is 16.3 Å². The van der Waals surface area contributed by atoms with Gasteiger partial charge in [0.2, 0.25) is 5.75 Å². The van der Waals surface area contributed by atoms with Gasteiger partial charge < -0.3 is 14.8 Å². The monoisotopic (exact) mass is 364 g/mol. The summed E-state index contributed by atoms with van der Waals surface area (Å²) in [5.74, 6) is -0.108. The Hall–Kier alpha value is -3.31. The normalized spacial score (nSPS) is 10.8. The second kappa shape index (κ2) is 6.54. The number of H-pyrrole nitrogens is 1. The zero-order chi connectivity index (χ0) is 18.1. The zero-order valence-electron chi connectivity index (χ0n) is 13.4. The average molecular weight is 365 g/mol. The number of aromatic hydroxyl groups is 1. The Kier molecular flexibility index (Phi) is 4.07. The van der Waals surface area contributed by atoms with Crippen molar-refractivity contribution in [2.45, 2.75) is 0 Å². The number of nitrogens with one attached hydrogen (secondary N) is 1. The maximum absolute atomic E-state index is 12.3. The van der Waals surface area contributed by atoms with Crippen LogP contribution < -0.4 is 10.3 Å². The predicted octanol–water partition coefficient (Wildman–Crippen LogP) is 4.74. The summed E-state index contributed by atoms with van der Waals surface area (Å²) in [7, 11) is 0. The molecule has 2 aromatic heterocycles. The van der Waals surface area contributed by atoms with Gasteiger partial charge in [0, 0.05) is 6.20 Å². The van der Waals surface area contributed by atoms with Crippen molar-refractivity contribution in [2.24, 2.45) is 0 Å². The molecule has 0 bridgehead atoms. The number of aromatic amines is 1. The van der Waals surface area contributed by atoms with E-state index in [2.05, 4.69) is 9.97 Å². The minimum absolute atomic E-state index is 0.211. The highest BCUT2D eigenvalue weighted by Crippen LogP contribution is 2.33. The summed E-state index contributed by atoms with van der Waals surface area (Å²) in [5.41, 5.74) is 1.94. The minimum Gasteiger partial charge on any atom is -0.503 e. The molecule has 0 aliphatic heterocycles. The van der Waals surface area contributed by atoms with Crippen molar-refractivity contribution in [3.8, 4) is 28.4 Å². The minimum atomic E-state index is -0.566. The lowest BCUT2D eigenvalue weighted by molar-refractivity contribution is 0.410. The van der Waals surface area contributed by atoms with Gasteiger partial charge in [-0.25, -0.2) is 4.98 Å². The highest BCUT2D eigenvalue weighted by Gasteiger charge is 2.16. The van der Waals surface area contributed by atoms with Crippen LogP contribution >= 0.6 is 11.6 Å². The molecule has 128 valence electrons. The first-order valence-electron chi connectivity index (χ1n) is 7.85. The van der Waals surface area contributed by atoms with Crippen molar-refractivity contribution >= 4 is 22.6 Å². The van der Waals surface area contributed by atoms with E-state index in [9.17, 15) is 9.90 Å². The second-order valence-corrected chi connectivity index (χ2v) is 6.11. The molecular formula is C20H13ClN2O3. The van der Waals surface area contributed by atoms with Crippen LogP contribution in [0, 0.1) is 0 Å². The fourth-order valence-corrected chi connectivity index (χ4v) is 2.86. The molecule has 26 heavy (non-hydrogen) atoms. The van der Waals surface area contributed by atoms with Gasteiger partial charge in [-0.1, -0.05) is 54.1 Å². The van der Waals surface area contributed by atoms with Crippen molar-refractivity contribution < 1.29 is 9.84 Å². The van der Waals surface area contributed by atoms with Gasteiger partial charge in [0.25, 0.3) is 5.56 Å². The Morgan fingerprint density at radius 1 is 1.00 bits per heavy atom. The summed E-state index contributed by atoms with van der Waals surface area (Å²) in [5, 5.41) is 10.8. The molecule has 0 aliphatic carbocycles. The van der Waals surface area contributed by atoms with Gasteiger partial charge in [0.1, 0.15) is 11.3 Å². The van der Waals surface area contributed by atoms with Crippen LogP contribution in [-0.4, -0.2) is 15.1 Å². The van der Waals surface area contributed by atoms with E-state index in [1.165, 1.54) is 12.3 Å². The highest BCUT2D eigenvalue weighted by molar-refractivity contribution is 6.31. The van der Waals surface area contributed by atoms with E-state index in [1.54, 1.807) is 12.1 Å². The predicted molar refractivity (Wildman–Crippen MR) is 101 cm³/mol. The van der Waals surface area contributed by atoms with Crippen LogP contribution in [0.5, 0.6) is 17.2 Å². The van der Waals surface area contributed by atoms with Crippen LogP contribution in [0.2, 0.25) is 5.02 Å². The number of rotatable bonds is 3. The van der Waals surface area contributed by atoms with Crippen molar-refractivity contribution in [1.29, 1.82) is 0 Å². The quantitative estimate of drug-likeness (QED) is 0.550. The molecule has 0 aliphatic rings. The summed E-state index contributed by atoms with van der Waals surface area (Å²) >= 11 is 5.87. The molecule has 0 fully saturated rings. The standard InChI is InChI=1S/C20H13ClN2O3/c21-14-10-16-17(22-11-14)18(24)19(20(25)23-16)26-15-8-4-7-13(9-15)12-5-2-1-3-6-12/h1-11H,(H2,23,24,25).